The summed E-state index contributed by atoms with van der Waals surface area (Å²) in [6.07, 6.45) is 0. The zero-order valence-electron chi connectivity index (χ0n) is 14.3. The fourth-order valence-corrected chi connectivity index (χ4v) is 3.76. The number of carbonyl (C=O) groups excluding carboxylic acids is 1. The molecule has 3 N–H and O–H groups in total. The number of sulfonamides is 1. The topological polar surface area (TPSA) is 95.5 Å². The molecule has 0 aliphatic carbocycles. The maximum atomic E-state index is 13.7. The maximum Gasteiger partial charge on any atom is 0.263 e. The van der Waals surface area contributed by atoms with E-state index in [0.29, 0.717) is 16.5 Å². The molecule has 0 radical (unpaired) electrons. The van der Waals surface area contributed by atoms with Gasteiger partial charge in [-0.15, -0.1) is 0 Å². The Morgan fingerprint density at radius 3 is 2.52 bits per heavy atom. The van der Waals surface area contributed by atoms with Gasteiger partial charge in [0.25, 0.3) is 5.91 Å². The van der Waals surface area contributed by atoms with Crippen LogP contribution in [-0.4, -0.2) is 24.8 Å². The molecule has 27 heavy (non-hydrogen) atoms. The smallest absolute Gasteiger partial charge is 0.263 e. The van der Waals surface area contributed by atoms with Crippen LogP contribution in [0.4, 0.5) is 10.1 Å². The molecule has 140 valence electrons. The molecule has 3 aromatic rings. The predicted octanol–water partition coefficient (Wildman–Crippen LogP) is 3.28. The Hall–Kier alpha value is -2.97. The minimum absolute atomic E-state index is 0.233. The van der Waals surface area contributed by atoms with Gasteiger partial charge in [-0.05, 0) is 30.0 Å². The van der Waals surface area contributed by atoms with E-state index in [0.717, 1.165) is 12.3 Å². The van der Waals surface area contributed by atoms with Gasteiger partial charge in [0.1, 0.15) is 5.82 Å². The highest BCUT2D eigenvalue weighted by molar-refractivity contribution is 7.94. The zero-order chi connectivity index (χ0) is 19.6. The minimum atomic E-state index is -4.17. The summed E-state index contributed by atoms with van der Waals surface area (Å²) in [4.78, 5) is 11.6. The molecule has 0 fully saturated rings. The second kappa shape index (κ2) is 7.34. The molecule has 0 unspecified atom stereocenters. The van der Waals surface area contributed by atoms with Gasteiger partial charge in [-0.2, -0.15) is 0 Å². The number of hydroxylamine groups is 1. The first-order valence-electron chi connectivity index (χ1n) is 8.07. The maximum absolute atomic E-state index is 13.7. The molecule has 6 nitrogen and oxygen atoms in total. The molecule has 0 saturated carbocycles. The third-order valence-corrected chi connectivity index (χ3v) is 5.89. The van der Waals surface area contributed by atoms with Crippen molar-refractivity contribution >= 4 is 32.4 Å². The number of benzene rings is 3. The summed E-state index contributed by atoms with van der Waals surface area (Å²) in [5, 5.41) is 8.57. The Morgan fingerprint density at radius 2 is 1.81 bits per heavy atom. The molecule has 0 aliphatic rings. The van der Waals surface area contributed by atoms with Crippen molar-refractivity contribution < 1.29 is 22.8 Å². The van der Waals surface area contributed by atoms with Gasteiger partial charge in [-0.1, -0.05) is 48.5 Å². The van der Waals surface area contributed by atoms with Crippen LogP contribution in [0.15, 0.2) is 60.7 Å². The molecule has 0 spiro atoms. The molecule has 1 atom stereocenters. The Morgan fingerprint density at radius 1 is 1.07 bits per heavy atom. The van der Waals surface area contributed by atoms with Crippen LogP contribution in [0, 0.1) is 5.82 Å². The quantitative estimate of drug-likeness (QED) is 0.462. The second-order valence-corrected chi connectivity index (χ2v) is 7.99. The lowest BCUT2D eigenvalue weighted by atomic mass is 9.99. The SMILES string of the molecule is C[C@@H](C(=O)NO)S(=O)(=O)Nc1c(-c2cccc(F)c2)ccc2ccccc12. The van der Waals surface area contributed by atoms with E-state index in [1.165, 1.54) is 23.7 Å². The third-order valence-electron chi connectivity index (χ3n) is 4.25. The largest absolute Gasteiger partial charge is 0.289 e. The monoisotopic (exact) mass is 388 g/mol. The van der Waals surface area contributed by atoms with E-state index in [-0.39, 0.29) is 5.69 Å². The average Bonchev–Trinajstić information content (AvgIpc) is 2.66. The number of amides is 1. The number of nitrogens with one attached hydrogen (secondary N) is 2. The number of anilines is 1. The van der Waals surface area contributed by atoms with Gasteiger partial charge in [0.05, 0.1) is 5.69 Å². The average molecular weight is 388 g/mol. The molecule has 0 aliphatic heterocycles. The molecule has 0 saturated heterocycles. The Labute approximate surface area is 155 Å². The highest BCUT2D eigenvalue weighted by Crippen LogP contribution is 2.36. The number of fused-ring (bicyclic) bond motifs is 1. The van der Waals surface area contributed by atoms with Gasteiger partial charge in [-0.3, -0.25) is 14.7 Å². The summed E-state index contributed by atoms with van der Waals surface area (Å²) in [5.41, 5.74) is 2.52. The lowest BCUT2D eigenvalue weighted by Gasteiger charge is -2.18. The first kappa shape index (κ1) is 18.8. The van der Waals surface area contributed by atoms with Crippen LogP contribution in [0.1, 0.15) is 6.92 Å². The van der Waals surface area contributed by atoms with Crippen molar-refractivity contribution in [3.63, 3.8) is 0 Å². The van der Waals surface area contributed by atoms with Crippen LogP contribution in [0.25, 0.3) is 21.9 Å². The summed E-state index contributed by atoms with van der Waals surface area (Å²) in [6.45, 7) is 1.15. The predicted molar refractivity (Wildman–Crippen MR) is 101 cm³/mol. The van der Waals surface area contributed by atoms with Gasteiger partial charge < -0.3 is 0 Å². The number of hydrogen-bond donors (Lipinski definition) is 3. The third kappa shape index (κ3) is 3.76. The molecule has 3 aromatic carbocycles. The van der Waals surface area contributed by atoms with E-state index in [1.54, 1.807) is 30.3 Å². The van der Waals surface area contributed by atoms with Crippen molar-refractivity contribution in [3.8, 4) is 11.1 Å². The highest BCUT2D eigenvalue weighted by atomic mass is 32.2. The van der Waals surface area contributed by atoms with E-state index >= 15 is 0 Å². The first-order valence-corrected chi connectivity index (χ1v) is 9.61. The van der Waals surface area contributed by atoms with E-state index in [1.807, 2.05) is 12.1 Å². The van der Waals surface area contributed by atoms with Gasteiger partial charge in [0.2, 0.25) is 10.0 Å². The summed E-state index contributed by atoms with van der Waals surface area (Å²) in [7, 11) is -4.17. The van der Waals surface area contributed by atoms with Gasteiger partial charge in [0, 0.05) is 10.9 Å². The van der Waals surface area contributed by atoms with Crippen LogP contribution in [0.3, 0.4) is 0 Å². The Bertz CT molecular complexity index is 1120. The van der Waals surface area contributed by atoms with Crippen molar-refractivity contribution in [2.75, 3.05) is 4.72 Å². The highest BCUT2D eigenvalue weighted by Gasteiger charge is 2.29. The van der Waals surface area contributed by atoms with Crippen molar-refractivity contribution in [2.24, 2.45) is 0 Å². The molecule has 1 amide bonds. The lowest BCUT2D eigenvalue weighted by molar-refractivity contribution is -0.128. The van der Waals surface area contributed by atoms with Crippen molar-refractivity contribution in [3.05, 3.63) is 66.5 Å². The molecule has 0 heterocycles. The van der Waals surface area contributed by atoms with Crippen molar-refractivity contribution in [1.29, 1.82) is 0 Å². The van der Waals surface area contributed by atoms with E-state index in [9.17, 15) is 17.6 Å². The summed E-state index contributed by atoms with van der Waals surface area (Å²) in [6, 6.07) is 16.4. The van der Waals surface area contributed by atoms with E-state index in [2.05, 4.69) is 4.72 Å². The molecular formula is C19H17FN2O4S. The van der Waals surface area contributed by atoms with Crippen LogP contribution >= 0.6 is 0 Å². The van der Waals surface area contributed by atoms with Crippen LogP contribution in [-0.2, 0) is 14.8 Å². The summed E-state index contributed by atoms with van der Waals surface area (Å²) >= 11 is 0. The van der Waals surface area contributed by atoms with E-state index < -0.39 is 27.0 Å². The van der Waals surface area contributed by atoms with Crippen LogP contribution in [0.2, 0.25) is 0 Å². The fraction of sp³-hybridized carbons (Fsp3) is 0.105. The summed E-state index contributed by atoms with van der Waals surface area (Å²) < 4.78 is 41.4. The molecule has 8 heteroatoms. The number of halogens is 1. The molecular weight excluding hydrogens is 371 g/mol. The molecule has 0 aromatic heterocycles. The molecule has 0 bridgehead atoms. The molecule has 3 rings (SSSR count). The second-order valence-electron chi connectivity index (χ2n) is 5.98. The number of rotatable bonds is 5. The Kier molecular flexibility index (Phi) is 5.11. The lowest BCUT2D eigenvalue weighted by Crippen LogP contribution is -2.39. The van der Waals surface area contributed by atoms with Gasteiger partial charge in [-0.25, -0.2) is 18.3 Å². The van der Waals surface area contributed by atoms with Crippen LogP contribution < -0.4 is 10.2 Å². The number of carbonyl (C=O) groups is 1. The van der Waals surface area contributed by atoms with Crippen molar-refractivity contribution in [2.45, 2.75) is 12.2 Å². The first-order chi connectivity index (χ1) is 12.8. The fourth-order valence-electron chi connectivity index (χ4n) is 2.74. The normalized spacial score (nSPS) is 12.6. The minimum Gasteiger partial charge on any atom is -0.289 e. The zero-order valence-corrected chi connectivity index (χ0v) is 15.1. The van der Waals surface area contributed by atoms with Crippen molar-refractivity contribution in [1.82, 2.24) is 5.48 Å². The van der Waals surface area contributed by atoms with E-state index in [4.69, 9.17) is 5.21 Å². The van der Waals surface area contributed by atoms with Gasteiger partial charge >= 0.3 is 0 Å². The Balaban J connectivity index is 2.20. The standard InChI is InChI=1S/C19H17FN2O4S/c1-12(19(23)21-24)27(25,26)22-18-16-8-3-2-5-13(16)9-10-17(18)14-6-4-7-15(20)11-14/h2-12,22,24H,1H3,(H,21,23)/t12-/m0/s1. The van der Waals surface area contributed by atoms with Crippen LogP contribution in [0.5, 0.6) is 0 Å². The number of hydrogen-bond acceptors (Lipinski definition) is 4. The van der Waals surface area contributed by atoms with Gasteiger partial charge in [0.15, 0.2) is 5.25 Å². The summed E-state index contributed by atoms with van der Waals surface area (Å²) in [5.74, 6) is -1.52.